The van der Waals surface area contributed by atoms with E-state index in [2.05, 4.69) is 0 Å². The third-order valence-electron chi connectivity index (χ3n) is 1.83. The summed E-state index contributed by atoms with van der Waals surface area (Å²) in [5.74, 6) is -1.35. The van der Waals surface area contributed by atoms with Gasteiger partial charge in [0.15, 0.2) is 6.10 Å². The summed E-state index contributed by atoms with van der Waals surface area (Å²) < 4.78 is 48.7. The second-order valence-corrected chi connectivity index (χ2v) is 3.04. The highest BCUT2D eigenvalue weighted by Gasteiger charge is 2.38. The molecule has 2 nitrogen and oxygen atoms in total. The first-order valence-corrected chi connectivity index (χ1v) is 4.03. The van der Waals surface area contributed by atoms with Crippen LogP contribution in [0.3, 0.4) is 0 Å². The van der Waals surface area contributed by atoms with Gasteiger partial charge in [-0.15, -0.1) is 0 Å². The fraction of sp³-hybridized carbons (Fsp3) is 0.333. The third kappa shape index (κ3) is 3.09. The second-order valence-electron chi connectivity index (χ2n) is 3.04. The number of aliphatic hydroxyl groups is 1. The Bertz CT molecular complexity index is 348. The normalized spacial score (nSPS) is 13.9. The minimum absolute atomic E-state index is 0.294. The van der Waals surface area contributed by atoms with E-state index in [0.717, 1.165) is 12.1 Å². The van der Waals surface area contributed by atoms with Crippen molar-refractivity contribution in [2.24, 2.45) is 0 Å². The third-order valence-corrected chi connectivity index (χ3v) is 1.83. The monoisotopic (exact) mass is 224 g/mol. The Labute approximate surface area is 82.8 Å². The van der Waals surface area contributed by atoms with Crippen LogP contribution in [0.2, 0.25) is 0 Å². The number of phenolic OH excluding ortho intramolecular Hbond substituents is 1. The molecule has 0 aliphatic rings. The van der Waals surface area contributed by atoms with Gasteiger partial charge in [0.25, 0.3) is 0 Å². The van der Waals surface area contributed by atoms with E-state index >= 15 is 0 Å². The number of benzene rings is 1. The van der Waals surface area contributed by atoms with Gasteiger partial charge in [-0.3, -0.25) is 0 Å². The zero-order chi connectivity index (χ0) is 11.6. The molecule has 0 aliphatic heterocycles. The highest BCUT2D eigenvalue weighted by atomic mass is 19.4. The van der Waals surface area contributed by atoms with Crippen LogP contribution in [0.5, 0.6) is 5.75 Å². The van der Waals surface area contributed by atoms with Crippen LogP contribution in [0.4, 0.5) is 17.6 Å². The molecule has 0 aromatic heterocycles. The zero-order valence-corrected chi connectivity index (χ0v) is 7.42. The summed E-state index contributed by atoms with van der Waals surface area (Å²) in [5, 5.41) is 17.5. The number of phenols is 1. The molecule has 0 heterocycles. The van der Waals surface area contributed by atoms with Crippen LogP contribution in [0.25, 0.3) is 0 Å². The van der Waals surface area contributed by atoms with Crippen molar-refractivity contribution in [2.75, 3.05) is 0 Å². The average Bonchev–Trinajstić information content (AvgIpc) is 2.08. The summed E-state index contributed by atoms with van der Waals surface area (Å²) in [7, 11) is 0. The predicted octanol–water partition coefficient (Wildman–Crippen LogP) is 2.00. The Morgan fingerprint density at radius 1 is 1.27 bits per heavy atom. The molecule has 0 bridgehead atoms. The maximum Gasteiger partial charge on any atom is 0.414 e. The number of rotatable bonds is 2. The number of hydrogen-bond acceptors (Lipinski definition) is 2. The fourth-order valence-electron chi connectivity index (χ4n) is 1.03. The van der Waals surface area contributed by atoms with Crippen LogP contribution in [-0.4, -0.2) is 22.5 Å². The Kier molecular flexibility index (Phi) is 3.18. The van der Waals surface area contributed by atoms with Crippen molar-refractivity contribution in [2.45, 2.75) is 18.7 Å². The standard InChI is InChI=1S/C9H8F4O2/c10-7-4-6(14)2-1-5(7)3-8(15)9(11,12)13/h1-2,4,8,14-15H,3H2. The molecule has 2 N–H and O–H groups in total. The first-order valence-electron chi connectivity index (χ1n) is 4.03. The van der Waals surface area contributed by atoms with Crippen molar-refractivity contribution in [3.05, 3.63) is 29.6 Å². The van der Waals surface area contributed by atoms with Crippen molar-refractivity contribution in [1.82, 2.24) is 0 Å². The zero-order valence-electron chi connectivity index (χ0n) is 7.42. The summed E-state index contributed by atoms with van der Waals surface area (Å²) in [4.78, 5) is 0. The van der Waals surface area contributed by atoms with Gasteiger partial charge in [0, 0.05) is 12.5 Å². The van der Waals surface area contributed by atoms with E-state index in [1.54, 1.807) is 0 Å². The van der Waals surface area contributed by atoms with Gasteiger partial charge in [0.2, 0.25) is 0 Å². The van der Waals surface area contributed by atoms with E-state index in [4.69, 9.17) is 10.2 Å². The first-order chi connectivity index (χ1) is 6.80. The molecule has 0 amide bonds. The smallest absolute Gasteiger partial charge is 0.414 e. The Morgan fingerprint density at radius 2 is 1.87 bits per heavy atom. The molecule has 0 fully saturated rings. The number of aromatic hydroxyl groups is 1. The Hall–Kier alpha value is -1.30. The fourth-order valence-corrected chi connectivity index (χ4v) is 1.03. The first kappa shape index (κ1) is 11.8. The Morgan fingerprint density at radius 3 is 2.33 bits per heavy atom. The average molecular weight is 224 g/mol. The molecular formula is C9H8F4O2. The van der Waals surface area contributed by atoms with Crippen LogP contribution >= 0.6 is 0 Å². The number of halogens is 4. The van der Waals surface area contributed by atoms with Gasteiger partial charge in [-0.1, -0.05) is 6.07 Å². The van der Waals surface area contributed by atoms with Crippen LogP contribution in [-0.2, 0) is 6.42 Å². The van der Waals surface area contributed by atoms with Crippen LogP contribution < -0.4 is 0 Å². The number of alkyl halides is 3. The highest BCUT2D eigenvalue weighted by molar-refractivity contribution is 5.28. The number of hydrogen-bond donors (Lipinski definition) is 2. The summed E-state index contributed by atoms with van der Waals surface area (Å²) in [6.45, 7) is 0. The van der Waals surface area contributed by atoms with E-state index in [0.29, 0.717) is 6.07 Å². The van der Waals surface area contributed by atoms with Crippen molar-refractivity contribution >= 4 is 0 Å². The molecule has 1 atom stereocenters. The molecule has 0 saturated heterocycles. The molecule has 1 unspecified atom stereocenters. The molecule has 1 aromatic carbocycles. The molecule has 0 radical (unpaired) electrons. The molecule has 15 heavy (non-hydrogen) atoms. The SMILES string of the molecule is Oc1ccc(CC(O)C(F)(F)F)c(F)c1. The van der Waals surface area contributed by atoms with Gasteiger partial charge < -0.3 is 10.2 Å². The molecule has 6 heteroatoms. The van der Waals surface area contributed by atoms with Crippen LogP contribution in [0, 0.1) is 5.82 Å². The lowest BCUT2D eigenvalue weighted by atomic mass is 10.1. The maximum absolute atomic E-state index is 13.0. The quantitative estimate of drug-likeness (QED) is 0.754. The second kappa shape index (κ2) is 4.06. The van der Waals surface area contributed by atoms with Crippen molar-refractivity contribution in [1.29, 1.82) is 0 Å². The molecular weight excluding hydrogens is 216 g/mol. The molecule has 1 aromatic rings. The minimum atomic E-state index is -4.77. The van der Waals surface area contributed by atoms with Gasteiger partial charge in [0.05, 0.1) is 0 Å². The van der Waals surface area contributed by atoms with Crippen molar-refractivity contribution in [3.8, 4) is 5.75 Å². The molecule has 0 saturated carbocycles. The molecule has 0 spiro atoms. The topological polar surface area (TPSA) is 40.5 Å². The summed E-state index contributed by atoms with van der Waals surface area (Å²) in [5.41, 5.74) is -0.294. The number of aliphatic hydroxyl groups excluding tert-OH is 1. The van der Waals surface area contributed by atoms with E-state index < -0.39 is 24.5 Å². The maximum atomic E-state index is 13.0. The van der Waals surface area contributed by atoms with Crippen molar-refractivity contribution in [3.63, 3.8) is 0 Å². The lowest BCUT2D eigenvalue weighted by Gasteiger charge is -2.14. The summed E-state index contributed by atoms with van der Waals surface area (Å²) in [6.07, 6.45) is -8.24. The van der Waals surface area contributed by atoms with E-state index in [9.17, 15) is 17.6 Å². The van der Waals surface area contributed by atoms with Crippen molar-refractivity contribution < 1.29 is 27.8 Å². The Balaban J connectivity index is 2.82. The van der Waals surface area contributed by atoms with Crippen LogP contribution in [0.1, 0.15) is 5.56 Å². The highest BCUT2D eigenvalue weighted by Crippen LogP contribution is 2.24. The molecule has 84 valence electrons. The van der Waals surface area contributed by atoms with Gasteiger partial charge in [0.1, 0.15) is 11.6 Å². The van der Waals surface area contributed by atoms with Gasteiger partial charge in [-0.05, 0) is 11.6 Å². The lowest BCUT2D eigenvalue weighted by molar-refractivity contribution is -0.203. The van der Waals surface area contributed by atoms with Crippen LogP contribution in [0.15, 0.2) is 18.2 Å². The molecule has 0 aliphatic carbocycles. The van der Waals surface area contributed by atoms with Gasteiger partial charge in [-0.2, -0.15) is 13.2 Å². The van der Waals surface area contributed by atoms with E-state index in [-0.39, 0.29) is 11.3 Å². The lowest BCUT2D eigenvalue weighted by Crippen LogP contribution is -2.30. The van der Waals surface area contributed by atoms with Gasteiger partial charge >= 0.3 is 6.18 Å². The predicted molar refractivity (Wildman–Crippen MR) is 43.8 cm³/mol. The summed E-state index contributed by atoms with van der Waals surface area (Å²) in [6, 6.07) is 2.75. The largest absolute Gasteiger partial charge is 0.508 e. The minimum Gasteiger partial charge on any atom is -0.508 e. The van der Waals surface area contributed by atoms with E-state index in [1.165, 1.54) is 0 Å². The summed E-state index contributed by atoms with van der Waals surface area (Å²) >= 11 is 0. The van der Waals surface area contributed by atoms with Gasteiger partial charge in [-0.25, -0.2) is 4.39 Å². The van der Waals surface area contributed by atoms with E-state index in [1.807, 2.05) is 0 Å². The molecule has 1 rings (SSSR count).